The van der Waals surface area contributed by atoms with Gasteiger partial charge in [-0.1, -0.05) is 11.6 Å². The van der Waals surface area contributed by atoms with E-state index in [2.05, 4.69) is 5.32 Å². The Balaban J connectivity index is 0.00000225. The molecule has 28 heavy (non-hydrogen) atoms. The fourth-order valence-electron chi connectivity index (χ4n) is 4.00. The van der Waals surface area contributed by atoms with E-state index in [1.807, 2.05) is 15.9 Å². The standard InChI is InChI=1S/C19H24ClN3O4.ClH/c20-15-8-13(9-16-19(15)27-7-6-26-16)10-17(24)22-4-1-2-14(12-22)23-5-3-21-11-18(23)25;/h8-9,14,21H,1-7,10-12H2;1H. The van der Waals surface area contributed by atoms with Gasteiger partial charge in [-0.15, -0.1) is 12.4 Å². The molecule has 2 saturated heterocycles. The highest BCUT2D eigenvalue weighted by atomic mass is 35.5. The molecule has 1 atom stereocenters. The van der Waals surface area contributed by atoms with E-state index in [-0.39, 0.29) is 36.7 Å². The van der Waals surface area contributed by atoms with E-state index < -0.39 is 0 Å². The van der Waals surface area contributed by atoms with Crippen molar-refractivity contribution in [1.29, 1.82) is 0 Å². The van der Waals surface area contributed by atoms with Crippen molar-refractivity contribution in [2.75, 3.05) is 45.9 Å². The van der Waals surface area contributed by atoms with Gasteiger partial charge in [0.1, 0.15) is 13.2 Å². The molecule has 3 heterocycles. The molecular weight excluding hydrogens is 405 g/mol. The van der Waals surface area contributed by atoms with Crippen LogP contribution in [-0.2, 0) is 16.0 Å². The fourth-order valence-corrected chi connectivity index (χ4v) is 4.28. The second-order valence-corrected chi connectivity index (χ2v) is 7.59. The lowest BCUT2D eigenvalue weighted by Gasteiger charge is -2.41. The van der Waals surface area contributed by atoms with Crippen LogP contribution in [0.5, 0.6) is 11.5 Å². The van der Waals surface area contributed by atoms with Crippen LogP contribution in [0, 0.1) is 0 Å². The highest BCUT2D eigenvalue weighted by Crippen LogP contribution is 2.38. The monoisotopic (exact) mass is 429 g/mol. The van der Waals surface area contributed by atoms with Gasteiger partial charge in [-0.2, -0.15) is 0 Å². The highest BCUT2D eigenvalue weighted by Gasteiger charge is 2.31. The van der Waals surface area contributed by atoms with Crippen LogP contribution < -0.4 is 14.8 Å². The lowest BCUT2D eigenvalue weighted by Crippen LogP contribution is -2.57. The van der Waals surface area contributed by atoms with Gasteiger partial charge in [0.2, 0.25) is 11.8 Å². The second kappa shape index (κ2) is 9.20. The van der Waals surface area contributed by atoms with E-state index in [1.54, 1.807) is 6.07 Å². The summed E-state index contributed by atoms with van der Waals surface area (Å²) in [5.41, 5.74) is 0.814. The molecule has 0 aromatic heterocycles. The first kappa shape index (κ1) is 21.0. The zero-order chi connectivity index (χ0) is 18.8. The molecule has 1 aromatic carbocycles. The highest BCUT2D eigenvalue weighted by molar-refractivity contribution is 6.32. The van der Waals surface area contributed by atoms with Gasteiger partial charge in [0.15, 0.2) is 11.5 Å². The molecule has 0 aliphatic carbocycles. The molecule has 3 aliphatic heterocycles. The number of ether oxygens (including phenoxy) is 2. The lowest BCUT2D eigenvalue weighted by atomic mass is 10.0. The average molecular weight is 430 g/mol. The smallest absolute Gasteiger partial charge is 0.236 e. The van der Waals surface area contributed by atoms with Gasteiger partial charge in [-0.05, 0) is 30.5 Å². The number of benzene rings is 1. The number of halogens is 2. The number of amides is 2. The van der Waals surface area contributed by atoms with Crippen molar-refractivity contribution in [3.63, 3.8) is 0 Å². The predicted molar refractivity (Wildman–Crippen MR) is 108 cm³/mol. The molecule has 2 fully saturated rings. The molecule has 3 aliphatic rings. The molecule has 0 saturated carbocycles. The van der Waals surface area contributed by atoms with Crippen LogP contribution in [0.4, 0.5) is 0 Å². The van der Waals surface area contributed by atoms with E-state index in [1.165, 1.54) is 0 Å². The van der Waals surface area contributed by atoms with Crippen LogP contribution in [-0.4, -0.2) is 73.6 Å². The van der Waals surface area contributed by atoms with Crippen molar-refractivity contribution in [2.45, 2.75) is 25.3 Å². The van der Waals surface area contributed by atoms with Gasteiger partial charge < -0.3 is 24.6 Å². The molecule has 1 N–H and O–H groups in total. The van der Waals surface area contributed by atoms with E-state index >= 15 is 0 Å². The minimum absolute atomic E-state index is 0. The molecule has 7 nitrogen and oxygen atoms in total. The number of hydrogen-bond acceptors (Lipinski definition) is 5. The Morgan fingerprint density at radius 3 is 2.89 bits per heavy atom. The Hall–Kier alpha value is -1.70. The molecule has 154 valence electrons. The summed E-state index contributed by atoms with van der Waals surface area (Å²) in [6, 6.07) is 3.72. The maximum atomic E-state index is 12.9. The van der Waals surface area contributed by atoms with Crippen LogP contribution in [0.3, 0.4) is 0 Å². The first-order valence-corrected chi connectivity index (χ1v) is 9.85. The van der Waals surface area contributed by atoms with Crippen molar-refractivity contribution in [3.05, 3.63) is 22.7 Å². The predicted octanol–water partition coefficient (Wildman–Crippen LogP) is 1.50. The average Bonchev–Trinajstić information content (AvgIpc) is 2.68. The van der Waals surface area contributed by atoms with E-state index in [0.717, 1.165) is 31.5 Å². The molecule has 4 rings (SSSR count). The summed E-state index contributed by atoms with van der Waals surface area (Å²) in [6.07, 6.45) is 2.12. The molecule has 1 aromatic rings. The maximum Gasteiger partial charge on any atom is 0.236 e. The zero-order valence-electron chi connectivity index (χ0n) is 15.6. The zero-order valence-corrected chi connectivity index (χ0v) is 17.2. The van der Waals surface area contributed by atoms with Gasteiger partial charge in [-0.25, -0.2) is 0 Å². The van der Waals surface area contributed by atoms with Crippen LogP contribution in [0.2, 0.25) is 5.02 Å². The topological polar surface area (TPSA) is 71.1 Å². The van der Waals surface area contributed by atoms with Crippen LogP contribution >= 0.6 is 24.0 Å². The molecule has 2 amide bonds. The Labute approximate surface area is 175 Å². The van der Waals surface area contributed by atoms with Gasteiger partial charge in [0.25, 0.3) is 0 Å². The van der Waals surface area contributed by atoms with Crippen LogP contribution in [0.15, 0.2) is 12.1 Å². The summed E-state index contributed by atoms with van der Waals surface area (Å²) in [5, 5.41) is 3.56. The Bertz CT molecular complexity index is 746. The third-order valence-corrected chi connectivity index (χ3v) is 5.61. The molecular formula is C19H25Cl2N3O4. The van der Waals surface area contributed by atoms with Gasteiger partial charge in [0, 0.05) is 32.2 Å². The first-order chi connectivity index (χ1) is 13.1. The summed E-state index contributed by atoms with van der Waals surface area (Å²) < 4.78 is 11.1. The number of carbonyl (C=O) groups is 2. The summed E-state index contributed by atoms with van der Waals surface area (Å²) >= 11 is 6.28. The largest absolute Gasteiger partial charge is 0.486 e. The molecule has 0 spiro atoms. The summed E-state index contributed by atoms with van der Waals surface area (Å²) in [7, 11) is 0. The van der Waals surface area contributed by atoms with E-state index in [0.29, 0.717) is 49.4 Å². The minimum Gasteiger partial charge on any atom is -0.486 e. The Kier molecular flexibility index (Phi) is 6.91. The SMILES string of the molecule is Cl.O=C(Cc1cc(Cl)c2c(c1)OCCO2)N1CCCC(N2CCNCC2=O)C1. The van der Waals surface area contributed by atoms with Crippen molar-refractivity contribution in [3.8, 4) is 11.5 Å². The number of piperazine rings is 1. The fraction of sp³-hybridized carbons (Fsp3) is 0.579. The third kappa shape index (κ3) is 4.47. The molecule has 0 bridgehead atoms. The number of fused-ring (bicyclic) bond motifs is 1. The first-order valence-electron chi connectivity index (χ1n) is 9.48. The summed E-state index contributed by atoms with van der Waals surface area (Å²) in [5.74, 6) is 1.32. The van der Waals surface area contributed by atoms with E-state index in [4.69, 9.17) is 21.1 Å². The number of nitrogens with zero attached hydrogens (tertiary/aromatic N) is 2. The quantitative estimate of drug-likeness (QED) is 0.787. The van der Waals surface area contributed by atoms with Crippen LogP contribution in [0.25, 0.3) is 0 Å². The number of rotatable bonds is 3. The minimum atomic E-state index is 0. The molecule has 9 heteroatoms. The maximum absolute atomic E-state index is 12.9. The number of carbonyl (C=O) groups excluding carboxylic acids is 2. The summed E-state index contributed by atoms with van der Waals surface area (Å²) in [4.78, 5) is 28.8. The van der Waals surface area contributed by atoms with Gasteiger partial charge in [0.05, 0.1) is 18.0 Å². The third-order valence-electron chi connectivity index (χ3n) is 5.33. The van der Waals surface area contributed by atoms with Gasteiger partial charge in [-0.3, -0.25) is 9.59 Å². The van der Waals surface area contributed by atoms with Gasteiger partial charge >= 0.3 is 0 Å². The van der Waals surface area contributed by atoms with Crippen molar-refractivity contribution >= 4 is 35.8 Å². The van der Waals surface area contributed by atoms with Crippen molar-refractivity contribution < 1.29 is 19.1 Å². The molecule has 0 radical (unpaired) electrons. The van der Waals surface area contributed by atoms with Crippen molar-refractivity contribution in [1.82, 2.24) is 15.1 Å². The second-order valence-electron chi connectivity index (χ2n) is 7.18. The molecule has 1 unspecified atom stereocenters. The summed E-state index contributed by atoms with van der Waals surface area (Å²) in [6.45, 7) is 4.20. The number of hydrogen-bond donors (Lipinski definition) is 1. The normalized spacial score (nSPS) is 21.9. The Morgan fingerprint density at radius 1 is 1.25 bits per heavy atom. The van der Waals surface area contributed by atoms with E-state index in [9.17, 15) is 9.59 Å². The lowest BCUT2D eigenvalue weighted by molar-refractivity contribution is -0.140. The van der Waals surface area contributed by atoms with Crippen LogP contribution in [0.1, 0.15) is 18.4 Å². The number of likely N-dealkylation sites (tertiary alicyclic amines) is 1. The number of nitrogens with one attached hydrogen (secondary N) is 1. The number of piperidine rings is 1. The van der Waals surface area contributed by atoms with Crippen molar-refractivity contribution in [2.24, 2.45) is 0 Å². The Morgan fingerprint density at radius 2 is 2.07 bits per heavy atom.